The highest BCUT2D eigenvalue weighted by molar-refractivity contribution is 5.29. The first-order chi connectivity index (χ1) is 8.63. The van der Waals surface area contributed by atoms with Crippen LogP contribution in [0.3, 0.4) is 0 Å². The SMILES string of the molecule is COc1cccc(C(O)CNCCCC(C)O)c1. The van der Waals surface area contributed by atoms with Gasteiger partial charge in [0, 0.05) is 6.54 Å². The van der Waals surface area contributed by atoms with Crippen LogP contribution in [0.2, 0.25) is 0 Å². The Morgan fingerprint density at radius 1 is 1.33 bits per heavy atom. The highest BCUT2D eigenvalue weighted by Gasteiger charge is 2.07. The molecule has 0 aliphatic rings. The molecule has 2 atom stereocenters. The first-order valence-electron chi connectivity index (χ1n) is 6.34. The molecular weight excluding hydrogens is 230 g/mol. The molecule has 102 valence electrons. The van der Waals surface area contributed by atoms with Gasteiger partial charge in [0.2, 0.25) is 0 Å². The molecule has 0 aliphatic carbocycles. The lowest BCUT2D eigenvalue weighted by atomic mass is 10.1. The molecule has 0 saturated carbocycles. The normalized spacial score (nSPS) is 14.2. The molecule has 0 heterocycles. The number of aliphatic hydroxyl groups excluding tert-OH is 2. The van der Waals surface area contributed by atoms with Crippen molar-refractivity contribution in [1.82, 2.24) is 5.32 Å². The molecule has 1 aromatic carbocycles. The summed E-state index contributed by atoms with van der Waals surface area (Å²) in [5, 5.41) is 22.3. The summed E-state index contributed by atoms with van der Waals surface area (Å²) in [6.45, 7) is 3.09. The lowest BCUT2D eigenvalue weighted by molar-refractivity contribution is 0.168. The summed E-state index contributed by atoms with van der Waals surface area (Å²) < 4.78 is 5.12. The summed E-state index contributed by atoms with van der Waals surface area (Å²) in [4.78, 5) is 0. The molecule has 0 aliphatic heterocycles. The molecule has 3 N–H and O–H groups in total. The van der Waals surface area contributed by atoms with Crippen molar-refractivity contribution >= 4 is 0 Å². The maximum atomic E-state index is 9.98. The highest BCUT2D eigenvalue weighted by atomic mass is 16.5. The lowest BCUT2D eigenvalue weighted by Gasteiger charge is -2.13. The van der Waals surface area contributed by atoms with Crippen molar-refractivity contribution in [1.29, 1.82) is 0 Å². The second kappa shape index (κ2) is 8.08. The molecule has 0 amide bonds. The lowest BCUT2D eigenvalue weighted by Crippen LogP contribution is -2.23. The molecule has 4 heteroatoms. The molecule has 4 nitrogen and oxygen atoms in total. The minimum absolute atomic E-state index is 0.255. The van der Waals surface area contributed by atoms with E-state index in [1.165, 1.54) is 0 Å². The monoisotopic (exact) mass is 253 g/mol. The van der Waals surface area contributed by atoms with Crippen LogP contribution >= 0.6 is 0 Å². The highest BCUT2D eigenvalue weighted by Crippen LogP contribution is 2.18. The van der Waals surface area contributed by atoms with E-state index in [2.05, 4.69) is 5.32 Å². The van der Waals surface area contributed by atoms with E-state index < -0.39 is 6.10 Å². The van der Waals surface area contributed by atoms with Crippen molar-refractivity contribution in [3.8, 4) is 5.75 Å². The molecule has 2 unspecified atom stereocenters. The Bertz CT molecular complexity index is 342. The fraction of sp³-hybridized carbons (Fsp3) is 0.571. The number of ether oxygens (including phenoxy) is 1. The van der Waals surface area contributed by atoms with Crippen LogP contribution in [0.15, 0.2) is 24.3 Å². The fourth-order valence-corrected chi connectivity index (χ4v) is 1.73. The zero-order chi connectivity index (χ0) is 13.4. The number of rotatable bonds is 8. The van der Waals surface area contributed by atoms with Crippen LogP contribution in [0.4, 0.5) is 0 Å². The standard InChI is InChI=1S/C14H23NO3/c1-11(16)5-4-8-15-10-14(17)12-6-3-7-13(9-12)18-2/h3,6-7,9,11,14-17H,4-5,8,10H2,1-2H3. The van der Waals surface area contributed by atoms with Crippen molar-refractivity contribution < 1.29 is 14.9 Å². The van der Waals surface area contributed by atoms with Gasteiger partial charge in [-0.1, -0.05) is 12.1 Å². The zero-order valence-electron chi connectivity index (χ0n) is 11.1. The van der Waals surface area contributed by atoms with Crippen LogP contribution in [0, 0.1) is 0 Å². The molecule has 1 rings (SSSR count). The van der Waals surface area contributed by atoms with E-state index >= 15 is 0 Å². The topological polar surface area (TPSA) is 61.7 Å². The minimum atomic E-state index is -0.536. The first kappa shape index (κ1) is 15.0. The second-order valence-corrected chi connectivity index (χ2v) is 4.49. The van der Waals surface area contributed by atoms with Crippen molar-refractivity contribution in [2.24, 2.45) is 0 Å². The molecule has 0 saturated heterocycles. The summed E-state index contributed by atoms with van der Waals surface area (Å²) in [5.74, 6) is 0.751. The Kier molecular flexibility index (Phi) is 6.72. The largest absolute Gasteiger partial charge is 0.497 e. The van der Waals surface area contributed by atoms with Crippen LogP contribution < -0.4 is 10.1 Å². The van der Waals surface area contributed by atoms with E-state index in [0.717, 1.165) is 30.7 Å². The maximum absolute atomic E-state index is 9.98. The van der Waals surface area contributed by atoms with Gasteiger partial charge in [-0.3, -0.25) is 0 Å². The number of aliphatic hydroxyl groups is 2. The molecule has 0 radical (unpaired) electrons. The summed E-state index contributed by atoms with van der Waals surface area (Å²) >= 11 is 0. The number of methoxy groups -OCH3 is 1. The molecule has 0 bridgehead atoms. The van der Waals surface area contributed by atoms with Crippen molar-refractivity contribution in [3.05, 3.63) is 29.8 Å². The van der Waals surface area contributed by atoms with Gasteiger partial charge in [-0.2, -0.15) is 0 Å². The molecule has 0 spiro atoms. The Morgan fingerprint density at radius 3 is 2.78 bits per heavy atom. The van der Waals surface area contributed by atoms with Crippen molar-refractivity contribution in [3.63, 3.8) is 0 Å². The van der Waals surface area contributed by atoms with Crippen LogP contribution in [-0.4, -0.2) is 36.5 Å². The predicted octanol–water partition coefficient (Wildman–Crippen LogP) is 1.48. The molecule has 1 aromatic rings. The van der Waals surface area contributed by atoms with Gasteiger partial charge in [-0.15, -0.1) is 0 Å². The Hall–Kier alpha value is -1.10. The summed E-state index contributed by atoms with van der Waals surface area (Å²) in [6, 6.07) is 7.43. The zero-order valence-corrected chi connectivity index (χ0v) is 11.1. The first-order valence-corrected chi connectivity index (χ1v) is 6.34. The van der Waals surface area contributed by atoms with E-state index in [1.54, 1.807) is 14.0 Å². The van der Waals surface area contributed by atoms with Gasteiger partial charge in [-0.25, -0.2) is 0 Å². The van der Waals surface area contributed by atoms with Gasteiger partial charge in [0.25, 0.3) is 0 Å². The summed E-state index contributed by atoms with van der Waals surface area (Å²) in [5.41, 5.74) is 0.845. The van der Waals surface area contributed by atoms with Gasteiger partial charge in [0.05, 0.1) is 19.3 Å². The number of benzene rings is 1. The molecule has 0 fully saturated rings. The van der Waals surface area contributed by atoms with Crippen molar-refractivity contribution in [2.45, 2.75) is 32.0 Å². The van der Waals surface area contributed by atoms with E-state index in [9.17, 15) is 5.11 Å². The summed E-state index contributed by atoms with van der Waals surface area (Å²) in [6.07, 6.45) is 0.895. The predicted molar refractivity (Wildman–Crippen MR) is 71.7 cm³/mol. The third-order valence-electron chi connectivity index (χ3n) is 2.79. The third-order valence-corrected chi connectivity index (χ3v) is 2.79. The Balaban J connectivity index is 2.29. The second-order valence-electron chi connectivity index (χ2n) is 4.49. The van der Waals surface area contributed by atoms with Crippen LogP contribution in [-0.2, 0) is 0 Å². The Morgan fingerprint density at radius 2 is 2.11 bits per heavy atom. The van der Waals surface area contributed by atoms with Gasteiger partial charge in [-0.05, 0) is 44.0 Å². The van der Waals surface area contributed by atoms with E-state index in [0.29, 0.717) is 6.54 Å². The number of hydrogen-bond acceptors (Lipinski definition) is 4. The van der Waals surface area contributed by atoms with Gasteiger partial charge >= 0.3 is 0 Å². The van der Waals surface area contributed by atoms with Crippen LogP contribution in [0.25, 0.3) is 0 Å². The molecule has 0 aromatic heterocycles. The molecule has 18 heavy (non-hydrogen) atoms. The quantitative estimate of drug-likeness (QED) is 0.614. The van der Waals surface area contributed by atoms with E-state index in [4.69, 9.17) is 9.84 Å². The maximum Gasteiger partial charge on any atom is 0.119 e. The van der Waals surface area contributed by atoms with Gasteiger partial charge in [0.1, 0.15) is 5.75 Å². The van der Waals surface area contributed by atoms with E-state index in [-0.39, 0.29) is 6.10 Å². The smallest absolute Gasteiger partial charge is 0.119 e. The third kappa shape index (κ3) is 5.49. The average Bonchev–Trinajstić information content (AvgIpc) is 2.37. The van der Waals surface area contributed by atoms with Crippen LogP contribution in [0.5, 0.6) is 5.75 Å². The minimum Gasteiger partial charge on any atom is -0.497 e. The summed E-state index contributed by atoms with van der Waals surface area (Å²) in [7, 11) is 1.61. The fourth-order valence-electron chi connectivity index (χ4n) is 1.73. The number of nitrogens with one attached hydrogen (secondary N) is 1. The van der Waals surface area contributed by atoms with Gasteiger partial charge in [0.15, 0.2) is 0 Å². The van der Waals surface area contributed by atoms with Crippen molar-refractivity contribution in [2.75, 3.05) is 20.2 Å². The van der Waals surface area contributed by atoms with Gasteiger partial charge < -0.3 is 20.3 Å². The van der Waals surface area contributed by atoms with Crippen LogP contribution in [0.1, 0.15) is 31.4 Å². The van der Waals surface area contributed by atoms with E-state index in [1.807, 2.05) is 24.3 Å². The molecular formula is C14H23NO3. The Labute approximate surface area is 109 Å². The number of hydrogen-bond donors (Lipinski definition) is 3. The average molecular weight is 253 g/mol.